The first-order chi connectivity index (χ1) is 13.3. The van der Waals surface area contributed by atoms with Crippen molar-refractivity contribution in [2.24, 2.45) is 0 Å². The van der Waals surface area contributed by atoms with E-state index >= 15 is 0 Å². The van der Waals surface area contributed by atoms with Crippen LogP contribution in [0.2, 0.25) is 0 Å². The first-order valence-electron chi connectivity index (χ1n) is 9.01. The minimum Gasteiger partial charge on any atom is -0.224 e. The van der Waals surface area contributed by atoms with Crippen molar-refractivity contribution in [2.75, 3.05) is 0 Å². The van der Waals surface area contributed by atoms with Crippen molar-refractivity contribution in [1.82, 2.24) is 4.98 Å². The van der Waals surface area contributed by atoms with Crippen molar-refractivity contribution in [1.29, 1.82) is 0 Å². The standard InChI is InChI=1S/C22H20F2NO2S/c1-3-4-5-16-6-12-21(20(23)14-16)28(26,27)18-9-7-17(8-10-18)19-11-13-22(24)25-15(19)2/h7-14H,3-5H2,1-2H3. The van der Waals surface area contributed by atoms with E-state index in [1.807, 2.05) is 6.92 Å². The van der Waals surface area contributed by atoms with Crippen LogP contribution in [0, 0.1) is 24.8 Å². The molecule has 3 aromatic rings. The van der Waals surface area contributed by atoms with Crippen LogP contribution in [0.3, 0.4) is 0 Å². The lowest BCUT2D eigenvalue weighted by atomic mass is 10.1. The number of benzene rings is 2. The van der Waals surface area contributed by atoms with Crippen molar-refractivity contribution in [3.8, 4) is 11.1 Å². The van der Waals surface area contributed by atoms with Gasteiger partial charge in [0.1, 0.15) is 10.7 Å². The molecule has 2 aromatic carbocycles. The normalized spacial score (nSPS) is 11.6. The molecule has 0 atom stereocenters. The zero-order valence-corrected chi connectivity index (χ0v) is 16.5. The molecule has 3 rings (SSSR count). The SMILES string of the molecule is CCCCc1[c]cc(S(=O)(=O)c2ccc(-c3ccc(F)nc3C)cc2)c(F)c1. The molecule has 0 spiro atoms. The highest BCUT2D eigenvalue weighted by Crippen LogP contribution is 2.28. The highest BCUT2D eigenvalue weighted by Gasteiger charge is 2.22. The van der Waals surface area contributed by atoms with Crippen molar-refractivity contribution in [2.45, 2.75) is 42.9 Å². The van der Waals surface area contributed by atoms with E-state index in [-0.39, 0.29) is 9.79 Å². The fraction of sp³-hybridized carbons (Fsp3) is 0.227. The molecule has 0 N–H and O–H groups in total. The van der Waals surface area contributed by atoms with Gasteiger partial charge in [-0.25, -0.2) is 17.8 Å². The zero-order chi connectivity index (χ0) is 20.3. The second-order valence-corrected chi connectivity index (χ2v) is 8.49. The van der Waals surface area contributed by atoms with Gasteiger partial charge in [-0.15, -0.1) is 0 Å². The van der Waals surface area contributed by atoms with Crippen molar-refractivity contribution >= 4 is 9.84 Å². The van der Waals surface area contributed by atoms with Crippen LogP contribution in [0.4, 0.5) is 8.78 Å². The molecule has 0 aliphatic carbocycles. The number of aryl methyl sites for hydroxylation is 2. The van der Waals surface area contributed by atoms with Gasteiger partial charge in [0, 0.05) is 11.3 Å². The summed E-state index contributed by atoms with van der Waals surface area (Å²) in [4.78, 5) is 3.37. The molecule has 0 aliphatic rings. The molecular formula is C22H20F2NO2S. The predicted molar refractivity (Wildman–Crippen MR) is 104 cm³/mol. The monoisotopic (exact) mass is 400 g/mol. The van der Waals surface area contributed by atoms with Crippen LogP contribution in [0.25, 0.3) is 11.1 Å². The van der Waals surface area contributed by atoms with E-state index < -0.39 is 21.6 Å². The van der Waals surface area contributed by atoms with E-state index in [4.69, 9.17) is 0 Å². The van der Waals surface area contributed by atoms with Crippen molar-refractivity contribution < 1.29 is 17.2 Å². The average Bonchev–Trinajstić information content (AvgIpc) is 2.66. The molecular weight excluding hydrogens is 380 g/mol. The molecule has 0 bridgehead atoms. The second-order valence-electron chi connectivity index (χ2n) is 6.57. The Morgan fingerprint density at radius 2 is 1.79 bits per heavy atom. The first kappa shape index (κ1) is 20.1. The Morgan fingerprint density at radius 3 is 2.39 bits per heavy atom. The van der Waals surface area contributed by atoms with Gasteiger partial charge in [0.25, 0.3) is 0 Å². The van der Waals surface area contributed by atoms with Gasteiger partial charge in [-0.1, -0.05) is 25.5 Å². The number of pyridine rings is 1. The Labute approximate surface area is 164 Å². The van der Waals surface area contributed by atoms with Crippen LogP contribution in [0.1, 0.15) is 31.0 Å². The molecule has 1 radical (unpaired) electrons. The molecule has 145 valence electrons. The Morgan fingerprint density at radius 1 is 1.07 bits per heavy atom. The number of rotatable bonds is 6. The molecule has 0 amide bonds. The lowest BCUT2D eigenvalue weighted by molar-refractivity contribution is 0.565. The van der Waals surface area contributed by atoms with Crippen LogP contribution < -0.4 is 0 Å². The Hall–Kier alpha value is -2.60. The van der Waals surface area contributed by atoms with E-state index in [1.54, 1.807) is 25.1 Å². The Kier molecular flexibility index (Phi) is 5.89. The van der Waals surface area contributed by atoms with E-state index in [9.17, 15) is 17.2 Å². The van der Waals surface area contributed by atoms with E-state index in [0.29, 0.717) is 28.8 Å². The van der Waals surface area contributed by atoms with Gasteiger partial charge in [0.2, 0.25) is 15.8 Å². The van der Waals surface area contributed by atoms with Crippen LogP contribution in [0.5, 0.6) is 0 Å². The molecule has 1 aromatic heterocycles. The van der Waals surface area contributed by atoms with Gasteiger partial charge < -0.3 is 0 Å². The molecule has 28 heavy (non-hydrogen) atoms. The van der Waals surface area contributed by atoms with Crippen molar-refractivity contribution in [3.05, 3.63) is 77.6 Å². The van der Waals surface area contributed by atoms with Gasteiger partial charge in [0.05, 0.1) is 4.90 Å². The maximum atomic E-state index is 14.5. The summed E-state index contributed by atoms with van der Waals surface area (Å²) in [6.45, 7) is 3.71. The minimum atomic E-state index is -4.00. The highest BCUT2D eigenvalue weighted by atomic mass is 32.2. The van der Waals surface area contributed by atoms with E-state index in [0.717, 1.165) is 12.8 Å². The summed E-state index contributed by atoms with van der Waals surface area (Å²) in [5.41, 5.74) is 2.56. The third kappa shape index (κ3) is 4.12. The second kappa shape index (κ2) is 8.19. The average molecular weight is 400 g/mol. The summed E-state index contributed by atoms with van der Waals surface area (Å²) in [5.74, 6) is -1.35. The van der Waals surface area contributed by atoms with Crippen LogP contribution in [0.15, 0.2) is 58.3 Å². The summed E-state index contributed by atoms with van der Waals surface area (Å²) in [5, 5.41) is 0. The van der Waals surface area contributed by atoms with Crippen LogP contribution in [-0.4, -0.2) is 13.4 Å². The van der Waals surface area contributed by atoms with Gasteiger partial charge in [-0.2, -0.15) is 4.39 Å². The Bertz CT molecular complexity index is 1090. The number of halogens is 2. The number of nitrogens with zero attached hydrogens (tertiary/aromatic N) is 1. The summed E-state index contributed by atoms with van der Waals surface area (Å²) < 4.78 is 53.3. The number of unbranched alkanes of at least 4 members (excludes halogenated alkanes) is 1. The number of hydrogen-bond donors (Lipinski definition) is 0. The molecule has 3 nitrogen and oxygen atoms in total. The highest BCUT2D eigenvalue weighted by molar-refractivity contribution is 7.91. The summed E-state index contributed by atoms with van der Waals surface area (Å²) >= 11 is 0. The van der Waals surface area contributed by atoms with Gasteiger partial charge in [-0.05, 0) is 73.4 Å². The third-order valence-corrected chi connectivity index (χ3v) is 6.33. The molecule has 0 aliphatic heterocycles. The Balaban J connectivity index is 1.92. The molecule has 0 saturated carbocycles. The fourth-order valence-electron chi connectivity index (χ4n) is 2.99. The lowest BCUT2D eigenvalue weighted by Gasteiger charge is -2.09. The third-order valence-electron chi connectivity index (χ3n) is 4.54. The topological polar surface area (TPSA) is 47.0 Å². The summed E-state index contributed by atoms with van der Waals surface area (Å²) in [7, 11) is -4.00. The molecule has 0 fully saturated rings. The fourth-order valence-corrected chi connectivity index (χ4v) is 4.26. The molecule has 0 saturated heterocycles. The predicted octanol–water partition coefficient (Wildman–Crippen LogP) is 5.31. The van der Waals surface area contributed by atoms with Crippen LogP contribution in [-0.2, 0) is 16.3 Å². The van der Waals surface area contributed by atoms with Crippen molar-refractivity contribution in [3.63, 3.8) is 0 Å². The summed E-state index contributed by atoms with van der Waals surface area (Å²) in [6, 6.07) is 14.2. The minimum absolute atomic E-state index is 0.0161. The molecule has 0 unspecified atom stereocenters. The maximum Gasteiger partial charge on any atom is 0.213 e. The number of aromatic nitrogens is 1. The first-order valence-corrected chi connectivity index (χ1v) is 10.5. The largest absolute Gasteiger partial charge is 0.224 e. The number of hydrogen-bond acceptors (Lipinski definition) is 3. The van der Waals surface area contributed by atoms with Gasteiger partial charge >= 0.3 is 0 Å². The quantitative estimate of drug-likeness (QED) is 0.527. The van der Waals surface area contributed by atoms with Gasteiger partial charge in [0.15, 0.2) is 0 Å². The molecule has 1 heterocycles. The van der Waals surface area contributed by atoms with Crippen LogP contribution >= 0.6 is 0 Å². The molecule has 6 heteroatoms. The summed E-state index contributed by atoms with van der Waals surface area (Å²) in [6.07, 6.45) is 2.51. The lowest BCUT2D eigenvalue weighted by Crippen LogP contribution is -2.05. The number of sulfone groups is 1. The van der Waals surface area contributed by atoms with E-state index in [1.165, 1.54) is 30.3 Å². The maximum absolute atomic E-state index is 14.5. The van der Waals surface area contributed by atoms with E-state index in [2.05, 4.69) is 11.1 Å². The zero-order valence-electron chi connectivity index (χ0n) is 15.7. The van der Waals surface area contributed by atoms with Gasteiger partial charge in [-0.3, -0.25) is 0 Å². The smallest absolute Gasteiger partial charge is 0.213 e.